The number of nitrogens with one attached hydrogen (secondary N) is 1. The van der Waals surface area contributed by atoms with Gasteiger partial charge in [0.15, 0.2) is 23.0 Å². The van der Waals surface area contributed by atoms with Crippen molar-refractivity contribution in [3.05, 3.63) is 34.3 Å². The van der Waals surface area contributed by atoms with E-state index in [9.17, 15) is 9.59 Å². The van der Waals surface area contributed by atoms with E-state index in [-0.39, 0.29) is 27.9 Å². The van der Waals surface area contributed by atoms with Crippen molar-refractivity contribution in [2.24, 2.45) is 10.2 Å². The van der Waals surface area contributed by atoms with Gasteiger partial charge in [0.1, 0.15) is 16.5 Å². The summed E-state index contributed by atoms with van der Waals surface area (Å²) in [4.78, 5) is 24.8. The first-order chi connectivity index (χ1) is 14.8. The van der Waals surface area contributed by atoms with Crippen molar-refractivity contribution < 1.29 is 28.5 Å². The maximum absolute atomic E-state index is 12.8. The van der Waals surface area contributed by atoms with Gasteiger partial charge in [0.2, 0.25) is 6.04 Å². The van der Waals surface area contributed by atoms with Crippen molar-refractivity contribution in [2.75, 3.05) is 33.8 Å². The van der Waals surface area contributed by atoms with E-state index in [1.54, 1.807) is 6.07 Å². The Hall–Kier alpha value is -3.04. The quantitative estimate of drug-likeness (QED) is 0.420. The van der Waals surface area contributed by atoms with Crippen molar-refractivity contribution in [3.63, 3.8) is 0 Å². The number of amides is 1. The minimum atomic E-state index is -1.44. The summed E-state index contributed by atoms with van der Waals surface area (Å²) in [6, 6.07) is 4.64. The van der Waals surface area contributed by atoms with Crippen LogP contribution in [0.1, 0.15) is 6.92 Å². The lowest BCUT2D eigenvalue weighted by Gasteiger charge is -2.15. The molecular weight excluding hydrogens is 449 g/mol. The molecule has 31 heavy (non-hydrogen) atoms. The maximum atomic E-state index is 12.8. The van der Waals surface area contributed by atoms with Gasteiger partial charge in [-0.05, 0) is 25.1 Å². The van der Waals surface area contributed by atoms with Crippen LogP contribution in [0.4, 0.5) is 11.4 Å². The highest BCUT2D eigenvalue weighted by atomic mass is 35.5. The van der Waals surface area contributed by atoms with Gasteiger partial charge in [0.25, 0.3) is 5.91 Å². The van der Waals surface area contributed by atoms with Crippen LogP contribution in [-0.2, 0) is 9.59 Å². The van der Waals surface area contributed by atoms with Crippen LogP contribution in [0.15, 0.2) is 34.5 Å². The Kier molecular flexibility index (Phi) is 8.47. The number of nitrogens with zero attached hydrogens (tertiary/aromatic N) is 2. The van der Waals surface area contributed by atoms with E-state index in [1.807, 2.05) is 0 Å². The zero-order chi connectivity index (χ0) is 23.1. The van der Waals surface area contributed by atoms with E-state index in [2.05, 4.69) is 15.5 Å². The van der Waals surface area contributed by atoms with Gasteiger partial charge in [-0.25, -0.2) is 0 Å². The van der Waals surface area contributed by atoms with E-state index in [4.69, 9.17) is 42.1 Å². The fourth-order valence-electron chi connectivity index (χ4n) is 2.62. The summed E-state index contributed by atoms with van der Waals surface area (Å²) >= 11 is 12.3. The minimum absolute atomic E-state index is 0.166. The Morgan fingerprint density at radius 3 is 2.13 bits per heavy atom. The molecule has 0 aliphatic rings. The molecule has 1 amide bonds. The third kappa shape index (κ3) is 5.56. The zero-order valence-corrected chi connectivity index (χ0v) is 19.0. The van der Waals surface area contributed by atoms with Crippen LogP contribution in [0.25, 0.3) is 0 Å². The smallest absolute Gasteiger partial charge is 0.258 e. The Morgan fingerprint density at radius 2 is 1.58 bits per heavy atom. The van der Waals surface area contributed by atoms with Crippen LogP contribution in [0.2, 0.25) is 10.0 Å². The molecule has 2 aromatic carbocycles. The second-order valence-corrected chi connectivity index (χ2v) is 6.86. The molecule has 1 N–H and O–H groups in total. The molecule has 1 atom stereocenters. The number of anilines is 1. The van der Waals surface area contributed by atoms with Crippen LogP contribution in [0.5, 0.6) is 23.0 Å². The highest BCUT2D eigenvalue weighted by Gasteiger charge is 2.25. The van der Waals surface area contributed by atoms with Gasteiger partial charge >= 0.3 is 0 Å². The SMILES string of the molecule is COc1ccc(NC(=O)C(N=Nc2cc(Cl)cc(OC)c2OC)C(C)=O)c(OC)c1Cl. The summed E-state index contributed by atoms with van der Waals surface area (Å²) in [7, 11) is 5.69. The monoisotopic (exact) mass is 469 g/mol. The molecule has 0 aliphatic carbocycles. The number of Topliss-reactive ketones (excluding diaryl/α,β-unsaturated/α-hetero) is 1. The number of azo groups is 1. The molecule has 9 nitrogen and oxygen atoms in total. The number of carbonyl (C=O) groups excluding carboxylic acids is 2. The minimum Gasteiger partial charge on any atom is -0.495 e. The van der Waals surface area contributed by atoms with Crippen LogP contribution >= 0.6 is 23.2 Å². The number of benzene rings is 2. The number of hydrogen-bond acceptors (Lipinski definition) is 8. The standard InChI is InChI=1S/C20H21Cl2N3O6/c1-10(26)17(25-24-13-8-11(21)9-15(29-3)18(13)30-4)20(27)23-12-6-7-14(28-2)16(22)19(12)31-5/h6-9,17H,1-5H3,(H,23,27). The molecule has 166 valence electrons. The largest absolute Gasteiger partial charge is 0.495 e. The zero-order valence-electron chi connectivity index (χ0n) is 17.5. The molecule has 0 aliphatic heterocycles. The summed E-state index contributed by atoms with van der Waals surface area (Å²) in [5, 5.41) is 10.9. The first-order valence-electron chi connectivity index (χ1n) is 8.81. The highest BCUT2D eigenvalue weighted by Crippen LogP contribution is 2.41. The van der Waals surface area contributed by atoms with E-state index < -0.39 is 17.7 Å². The Balaban J connectivity index is 2.36. The molecular formula is C20H21Cl2N3O6. The highest BCUT2D eigenvalue weighted by molar-refractivity contribution is 6.34. The van der Waals surface area contributed by atoms with Crippen molar-refractivity contribution in [1.29, 1.82) is 0 Å². The molecule has 0 spiro atoms. The van der Waals surface area contributed by atoms with E-state index in [0.29, 0.717) is 16.5 Å². The van der Waals surface area contributed by atoms with Gasteiger partial charge in [0, 0.05) is 11.1 Å². The molecule has 11 heteroatoms. The van der Waals surface area contributed by atoms with Gasteiger partial charge in [-0.15, -0.1) is 0 Å². The van der Waals surface area contributed by atoms with Crippen LogP contribution in [0, 0.1) is 0 Å². The molecule has 0 aromatic heterocycles. The number of hydrogen-bond donors (Lipinski definition) is 1. The molecule has 0 saturated heterocycles. The number of carbonyl (C=O) groups is 2. The van der Waals surface area contributed by atoms with Crippen LogP contribution in [0.3, 0.4) is 0 Å². The van der Waals surface area contributed by atoms with Crippen molar-refractivity contribution in [2.45, 2.75) is 13.0 Å². The summed E-state index contributed by atoms with van der Waals surface area (Å²) < 4.78 is 20.8. The topological polar surface area (TPSA) is 108 Å². The van der Waals surface area contributed by atoms with Gasteiger partial charge < -0.3 is 24.3 Å². The second kappa shape index (κ2) is 10.8. The van der Waals surface area contributed by atoms with Crippen LogP contribution < -0.4 is 24.3 Å². The van der Waals surface area contributed by atoms with Gasteiger partial charge in [-0.2, -0.15) is 10.2 Å². The number of methoxy groups -OCH3 is 4. The summed E-state index contributed by atoms with van der Waals surface area (Å²) in [5.74, 6) is -0.153. The third-order valence-electron chi connectivity index (χ3n) is 4.08. The predicted octanol–water partition coefficient (Wildman–Crippen LogP) is 4.71. The first-order valence-corrected chi connectivity index (χ1v) is 9.57. The predicted molar refractivity (Wildman–Crippen MR) is 117 cm³/mol. The van der Waals surface area contributed by atoms with Crippen LogP contribution in [-0.4, -0.2) is 46.2 Å². The Morgan fingerprint density at radius 1 is 0.935 bits per heavy atom. The lowest BCUT2D eigenvalue weighted by atomic mass is 10.2. The van der Waals surface area contributed by atoms with Crippen molar-refractivity contribution in [1.82, 2.24) is 0 Å². The van der Waals surface area contributed by atoms with E-state index >= 15 is 0 Å². The van der Waals surface area contributed by atoms with Crippen molar-refractivity contribution in [3.8, 4) is 23.0 Å². The summed E-state index contributed by atoms with van der Waals surface area (Å²) in [6.45, 7) is 1.22. The fraction of sp³-hybridized carbons (Fsp3) is 0.300. The number of ether oxygens (including phenoxy) is 4. The maximum Gasteiger partial charge on any atom is 0.258 e. The average molecular weight is 470 g/mol. The van der Waals surface area contributed by atoms with E-state index in [0.717, 1.165) is 0 Å². The number of halogens is 2. The van der Waals surface area contributed by atoms with Gasteiger partial charge in [0.05, 0.1) is 34.1 Å². The van der Waals surface area contributed by atoms with Gasteiger partial charge in [-0.3, -0.25) is 9.59 Å². The van der Waals surface area contributed by atoms with E-state index in [1.165, 1.54) is 53.6 Å². The summed E-state index contributed by atoms with van der Waals surface area (Å²) in [6.07, 6.45) is 0. The fourth-order valence-corrected chi connectivity index (χ4v) is 3.14. The summed E-state index contributed by atoms with van der Waals surface area (Å²) in [5.41, 5.74) is 0.428. The molecule has 0 saturated carbocycles. The Labute approximate surface area is 189 Å². The number of rotatable bonds is 9. The van der Waals surface area contributed by atoms with Gasteiger partial charge in [-0.1, -0.05) is 23.2 Å². The molecule has 0 heterocycles. The average Bonchev–Trinajstić information content (AvgIpc) is 2.73. The Bertz CT molecular complexity index is 1010. The molecule has 1 unspecified atom stereocenters. The van der Waals surface area contributed by atoms with Crippen molar-refractivity contribution >= 4 is 46.3 Å². The second-order valence-electron chi connectivity index (χ2n) is 6.04. The number of ketones is 1. The molecule has 0 fully saturated rings. The first kappa shape index (κ1) is 24.2. The lowest BCUT2D eigenvalue weighted by Crippen LogP contribution is -2.32. The molecule has 2 rings (SSSR count). The molecule has 2 aromatic rings. The molecule has 0 radical (unpaired) electrons. The molecule has 0 bridgehead atoms. The lowest BCUT2D eigenvalue weighted by molar-refractivity contribution is -0.126. The third-order valence-corrected chi connectivity index (χ3v) is 4.66. The normalized spacial score (nSPS) is 11.7.